The van der Waals surface area contributed by atoms with Crippen LogP contribution in [0.15, 0.2) is 36.5 Å². The number of pyridine rings is 1. The number of hydrogen-bond acceptors (Lipinski definition) is 5. The van der Waals surface area contributed by atoms with Crippen molar-refractivity contribution in [2.45, 2.75) is 13.0 Å². The summed E-state index contributed by atoms with van der Waals surface area (Å²) in [5.41, 5.74) is 2.74. The number of aliphatic hydroxyl groups is 1. The maximum atomic E-state index is 9.25. The Hall–Kier alpha value is -2.60. The largest absolute Gasteiger partial charge is 0.454 e. The average Bonchev–Trinajstić information content (AvgIpc) is 3.12. The Morgan fingerprint density at radius 1 is 1.18 bits per heavy atom. The molecule has 0 saturated heterocycles. The summed E-state index contributed by atoms with van der Waals surface area (Å²) < 4.78 is 12.8. The molecule has 0 amide bonds. The Morgan fingerprint density at radius 3 is 2.82 bits per heavy atom. The van der Waals surface area contributed by atoms with Crippen molar-refractivity contribution in [3.05, 3.63) is 47.9 Å². The van der Waals surface area contributed by atoms with Gasteiger partial charge in [-0.15, -0.1) is 0 Å². The van der Waals surface area contributed by atoms with E-state index in [1.54, 1.807) is 6.20 Å². The van der Waals surface area contributed by atoms with Crippen LogP contribution < -0.4 is 9.47 Å². The van der Waals surface area contributed by atoms with Gasteiger partial charge in [-0.1, -0.05) is 6.07 Å². The van der Waals surface area contributed by atoms with E-state index in [2.05, 4.69) is 10.1 Å². The fraction of sp³-hybridized carbons (Fsp3) is 0.250. The van der Waals surface area contributed by atoms with Crippen LogP contribution >= 0.6 is 0 Å². The highest BCUT2D eigenvalue weighted by Gasteiger charge is 2.19. The predicted molar refractivity (Wildman–Crippen MR) is 80.0 cm³/mol. The normalized spacial score (nSPS) is 13.0. The third-order valence-electron chi connectivity index (χ3n) is 3.71. The number of benzene rings is 1. The van der Waals surface area contributed by atoms with Crippen LogP contribution in [0.1, 0.15) is 11.4 Å². The predicted octanol–water partition coefficient (Wildman–Crippen LogP) is 1.74. The highest BCUT2D eigenvalue weighted by atomic mass is 16.7. The zero-order valence-corrected chi connectivity index (χ0v) is 11.9. The zero-order valence-electron chi connectivity index (χ0n) is 11.9. The lowest BCUT2D eigenvalue weighted by Crippen LogP contribution is -2.04. The second-order valence-corrected chi connectivity index (χ2v) is 5.12. The van der Waals surface area contributed by atoms with Crippen molar-refractivity contribution < 1.29 is 14.6 Å². The van der Waals surface area contributed by atoms with Gasteiger partial charge in [-0.2, -0.15) is 5.10 Å². The standard InChI is InChI=1S/C16H15N3O3/c20-6-4-13-12-7-15-16(22-10-21-15)8-14(12)19(18-13)9-11-3-1-2-5-17-11/h1-3,5,7-8,20H,4,6,9-10H2. The fourth-order valence-corrected chi connectivity index (χ4v) is 2.69. The first-order valence-corrected chi connectivity index (χ1v) is 7.15. The van der Waals surface area contributed by atoms with Crippen molar-refractivity contribution in [1.29, 1.82) is 0 Å². The molecule has 6 nitrogen and oxygen atoms in total. The van der Waals surface area contributed by atoms with Gasteiger partial charge in [-0.05, 0) is 18.2 Å². The molecule has 0 unspecified atom stereocenters. The van der Waals surface area contributed by atoms with Gasteiger partial charge in [0.05, 0.1) is 23.4 Å². The van der Waals surface area contributed by atoms with Crippen molar-refractivity contribution in [2.24, 2.45) is 0 Å². The highest BCUT2D eigenvalue weighted by Crippen LogP contribution is 2.37. The van der Waals surface area contributed by atoms with Gasteiger partial charge in [0.1, 0.15) is 0 Å². The van der Waals surface area contributed by atoms with Crippen LogP contribution in [-0.2, 0) is 13.0 Å². The van der Waals surface area contributed by atoms with E-state index in [-0.39, 0.29) is 13.4 Å². The van der Waals surface area contributed by atoms with Crippen molar-refractivity contribution in [3.63, 3.8) is 0 Å². The number of aromatic nitrogens is 3. The lowest BCUT2D eigenvalue weighted by Gasteiger charge is -2.03. The molecule has 0 aliphatic carbocycles. The minimum absolute atomic E-state index is 0.0597. The van der Waals surface area contributed by atoms with E-state index >= 15 is 0 Å². The van der Waals surface area contributed by atoms with E-state index in [0.717, 1.165) is 33.8 Å². The van der Waals surface area contributed by atoms with Crippen LogP contribution in [-0.4, -0.2) is 33.3 Å². The maximum absolute atomic E-state index is 9.25. The van der Waals surface area contributed by atoms with Crippen molar-refractivity contribution in [3.8, 4) is 11.5 Å². The van der Waals surface area contributed by atoms with Gasteiger partial charge in [0, 0.05) is 30.7 Å². The smallest absolute Gasteiger partial charge is 0.231 e. The molecule has 0 spiro atoms. The summed E-state index contributed by atoms with van der Waals surface area (Å²) in [7, 11) is 0. The van der Waals surface area contributed by atoms with Crippen LogP contribution in [0.25, 0.3) is 10.9 Å². The first-order valence-electron chi connectivity index (χ1n) is 7.15. The molecule has 4 rings (SSSR count). The molecule has 112 valence electrons. The third-order valence-corrected chi connectivity index (χ3v) is 3.71. The average molecular weight is 297 g/mol. The Balaban J connectivity index is 1.83. The van der Waals surface area contributed by atoms with Crippen molar-refractivity contribution in [2.75, 3.05) is 13.4 Å². The Kier molecular flexibility index (Phi) is 3.16. The molecule has 1 aromatic carbocycles. The molecule has 6 heteroatoms. The minimum atomic E-state index is 0.0597. The van der Waals surface area contributed by atoms with Crippen LogP contribution in [0, 0.1) is 0 Å². The van der Waals surface area contributed by atoms with Gasteiger partial charge in [-0.25, -0.2) is 0 Å². The summed E-state index contributed by atoms with van der Waals surface area (Å²) in [5, 5.41) is 14.9. The van der Waals surface area contributed by atoms with Crippen LogP contribution in [0.4, 0.5) is 0 Å². The van der Waals surface area contributed by atoms with E-state index in [1.165, 1.54) is 0 Å². The topological polar surface area (TPSA) is 69.4 Å². The second-order valence-electron chi connectivity index (χ2n) is 5.12. The summed E-state index contributed by atoms with van der Waals surface area (Å²) in [6.45, 7) is 0.873. The molecule has 0 fully saturated rings. The van der Waals surface area contributed by atoms with Gasteiger partial charge in [0.2, 0.25) is 6.79 Å². The Bertz CT molecular complexity index is 814. The molecule has 22 heavy (non-hydrogen) atoms. The number of nitrogens with zero attached hydrogens (tertiary/aromatic N) is 3. The molecule has 3 aromatic rings. The number of fused-ring (bicyclic) bond motifs is 2. The molecule has 1 aliphatic heterocycles. The third kappa shape index (κ3) is 2.17. The summed E-state index contributed by atoms with van der Waals surface area (Å²) in [6, 6.07) is 9.68. The van der Waals surface area contributed by atoms with Gasteiger partial charge in [-0.3, -0.25) is 9.67 Å². The summed E-state index contributed by atoms with van der Waals surface area (Å²) in [6.07, 6.45) is 2.27. The summed E-state index contributed by atoms with van der Waals surface area (Å²) in [5.74, 6) is 1.45. The summed E-state index contributed by atoms with van der Waals surface area (Å²) in [4.78, 5) is 4.34. The minimum Gasteiger partial charge on any atom is -0.454 e. The maximum Gasteiger partial charge on any atom is 0.231 e. The number of hydrogen-bond donors (Lipinski definition) is 1. The van der Waals surface area contributed by atoms with E-state index in [1.807, 2.05) is 35.0 Å². The fourth-order valence-electron chi connectivity index (χ4n) is 2.69. The molecule has 0 atom stereocenters. The van der Waals surface area contributed by atoms with Crippen molar-refractivity contribution in [1.82, 2.24) is 14.8 Å². The van der Waals surface area contributed by atoms with Gasteiger partial charge in [0.15, 0.2) is 11.5 Å². The molecule has 3 heterocycles. The number of ether oxygens (including phenoxy) is 2. The molecule has 2 aromatic heterocycles. The monoisotopic (exact) mass is 297 g/mol. The first-order chi connectivity index (χ1) is 10.8. The van der Waals surface area contributed by atoms with Crippen LogP contribution in [0.3, 0.4) is 0 Å². The number of aliphatic hydroxyl groups excluding tert-OH is 1. The highest BCUT2D eigenvalue weighted by molar-refractivity contribution is 5.86. The van der Waals surface area contributed by atoms with E-state index in [0.29, 0.717) is 13.0 Å². The van der Waals surface area contributed by atoms with Crippen LogP contribution in [0.5, 0.6) is 11.5 Å². The second kappa shape index (κ2) is 5.31. The lowest BCUT2D eigenvalue weighted by atomic mass is 10.1. The Morgan fingerprint density at radius 2 is 2.05 bits per heavy atom. The van der Waals surface area contributed by atoms with Crippen LogP contribution in [0.2, 0.25) is 0 Å². The molecular formula is C16H15N3O3. The molecule has 1 aliphatic rings. The summed E-state index contributed by atoms with van der Waals surface area (Å²) >= 11 is 0. The molecule has 0 radical (unpaired) electrons. The van der Waals surface area contributed by atoms with E-state index in [4.69, 9.17) is 9.47 Å². The zero-order chi connectivity index (χ0) is 14.9. The first kappa shape index (κ1) is 13.1. The molecule has 0 saturated carbocycles. The van der Waals surface area contributed by atoms with E-state index < -0.39 is 0 Å². The SMILES string of the molecule is OCCc1nn(Cc2ccccn2)c2cc3c(cc12)OCO3. The lowest BCUT2D eigenvalue weighted by molar-refractivity contribution is 0.174. The van der Waals surface area contributed by atoms with E-state index in [9.17, 15) is 5.11 Å². The number of rotatable bonds is 4. The van der Waals surface area contributed by atoms with Crippen molar-refractivity contribution >= 4 is 10.9 Å². The van der Waals surface area contributed by atoms with Gasteiger partial charge < -0.3 is 14.6 Å². The molecule has 1 N–H and O–H groups in total. The van der Waals surface area contributed by atoms with Gasteiger partial charge >= 0.3 is 0 Å². The van der Waals surface area contributed by atoms with Gasteiger partial charge in [0.25, 0.3) is 0 Å². The Labute approximate surface area is 126 Å². The quantitative estimate of drug-likeness (QED) is 0.794. The molecular weight excluding hydrogens is 282 g/mol. The molecule has 0 bridgehead atoms.